The van der Waals surface area contributed by atoms with E-state index in [0.717, 1.165) is 25.7 Å². The Bertz CT molecular complexity index is 1490. The molecule has 0 radical (unpaired) electrons. The normalized spacial score (nSPS) is 14.4. The Morgan fingerprint density at radius 3 is 1.78 bits per heavy atom. The molecular formula is C33H35F9O4. The molecule has 0 aliphatic carbocycles. The van der Waals surface area contributed by atoms with Gasteiger partial charge in [0.25, 0.3) is 0 Å². The third-order valence-corrected chi connectivity index (χ3v) is 8.35. The van der Waals surface area contributed by atoms with Gasteiger partial charge in [0.2, 0.25) is 0 Å². The Balaban J connectivity index is 2.23. The molecule has 0 fully saturated rings. The molecule has 13 heteroatoms. The number of alkyl halides is 9. The quantitative estimate of drug-likeness (QED) is 0.105. The van der Waals surface area contributed by atoms with Gasteiger partial charge in [0.1, 0.15) is 11.5 Å². The number of carbonyl (C=O) groups is 1. The third kappa shape index (κ3) is 7.33. The number of unbranched alkanes of at least 4 members (excludes halogenated alkanes) is 6. The number of hydrogen-bond acceptors (Lipinski definition) is 3. The van der Waals surface area contributed by atoms with Crippen molar-refractivity contribution >= 4 is 16.7 Å². The van der Waals surface area contributed by atoms with Gasteiger partial charge in [-0.25, -0.2) is 0 Å². The molecule has 4 nitrogen and oxygen atoms in total. The fraction of sp³-hybridized carbons (Fsp3) is 0.485. The highest BCUT2D eigenvalue weighted by Gasteiger charge is 2.81. The van der Waals surface area contributed by atoms with Gasteiger partial charge in [0, 0.05) is 6.42 Å². The molecule has 0 spiro atoms. The Kier molecular flexibility index (Phi) is 11.2. The summed E-state index contributed by atoms with van der Waals surface area (Å²) in [7, 11) is 0. The van der Waals surface area contributed by atoms with Gasteiger partial charge in [-0.3, -0.25) is 4.79 Å². The van der Waals surface area contributed by atoms with Gasteiger partial charge in [-0.15, -0.1) is 0 Å². The van der Waals surface area contributed by atoms with Crippen molar-refractivity contribution in [3.8, 4) is 22.6 Å². The van der Waals surface area contributed by atoms with Crippen LogP contribution in [0.4, 0.5) is 39.5 Å². The maximum Gasteiger partial charge on any atom is 0.460 e. The smallest absolute Gasteiger partial charge is 0.460 e. The highest BCUT2D eigenvalue weighted by molar-refractivity contribution is 5.99. The standard InChI is InChI=1S/C33H35F9O4/c1-2-3-4-5-6-7-8-17-29(28(45)46,18-19-30(34,35)31(36,37)32(38,39)33(40,41)42)27-25(21-9-12-23(43)13-10-21)15-11-22-20-24(44)14-16-26(22)27/h9-16,20,43-44H,2-8,17-19H2,1H3,(H,45,46). The van der Waals surface area contributed by atoms with E-state index in [1.807, 2.05) is 6.92 Å². The van der Waals surface area contributed by atoms with Crippen LogP contribution in [-0.2, 0) is 10.2 Å². The molecule has 0 aliphatic heterocycles. The van der Waals surface area contributed by atoms with Crippen LogP contribution < -0.4 is 0 Å². The largest absolute Gasteiger partial charge is 0.508 e. The van der Waals surface area contributed by atoms with E-state index < -0.39 is 54.6 Å². The lowest BCUT2D eigenvalue weighted by atomic mass is 9.68. The van der Waals surface area contributed by atoms with Gasteiger partial charge in [0.05, 0.1) is 5.41 Å². The molecule has 3 aromatic carbocycles. The zero-order valence-corrected chi connectivity index (χ0v) is 24.9. The molecule has 0 saturated heterocycles. The number of hydrogen-bond donors (Lipinski definition) is 3. The molecule has 1 atom stereocenters. The maximum absolute atomic E-state index is 14.9. The van der Waals surface area contributed by atoms with Gasteiger partial charge in [0.15, 0.2) is 0 Å². The summed E-state index contributed by atoms with van der Waals surface area (Å²) in [6.07, 6.45) is -6.56. The second kappa shape index (κ2) is 14.0. The molecule has 0 aliphatic rings. The first-order valence-electron chi connectivity index (χ1n) is 14.8. The van der Waals surface area contributed by atoms with E-state index in [4.69, 9.17) is 0 Å². The third-order valence-electron chi connectivity index (χ3n) is 8.35. The van der Waals surface area contributed by atoms with Crippen molar-refractivity contribution in [3.05, 3.63) is 60.2 Å². The number of benzene rings is 3. The molecular weight excluding hydrogens is 631 g/mol. The SMILES string of the molecule is CCCCCCCCCC(CCC(F)(F)C(F)(F)C(F)(F)C(F)(F)F)(C(=O)O)c1c(-c2ccc(O)cc2)ccc2cc(O)ccc12. The van der Waals surface area contributed by atoms with Gasteiger partial charge in [-0.1, -0.05) is 82.2 Å². The summed E-state index contributed by atoms with van der Waals surface area (Å²) in [6, 6.07) is 11.9. The summed E-state index contributed by atoms with van der Waals surface area (Å²) < 4.78 is 125. The Morgan fingerprint density at radius 1 is 0.652 bits per heavy atom. The summed E-state index contributed by atoms with van der Waals surface area (Å²) in [6.45, 7) is 2.00. The molecule has 254 valence electrons. The predicted octanol–water partition coefficient (Wildman–Crippen LogP) is 10.6. The van der Waals surface area contributed by atoms with E-state index in [1.54, 1.807) is 0 Å². The highest BCUT2D eigenvalue weighted by Crippen LogP contribution is 2.56. The molecule has 0 heterocycles. The van der Waals surface area contributed by atoms with Gasteiger partial charge < -0.3 is 15.3 Å². The number of rotatable bonds is 16. The first kappa shape index (κ1) is 36.8. The van der Waals surface area contributed by atoms with Crippen LogP contribution in [-0.4, -0.2) is 45.2 Å². The monoisotopic (exact) mass is 666 g/mol. The molecule has 46 heavy (non-hydrogen) atoms. The molecule has 0 aromatic heterocycles. The number of halogens is 9. The van der Waals surface area contributed by atoms with Gasteiger partial charge >= 0.3 is 29.9 Å². The Labute approximate surface area is 259 Å². The van der Waals surface area contributed by atoms with Crippen LogP contribution >= 0.6 is 0 Å². The van der Waals surface area contributed by atoms with Crippen LogP contribution in [0.1, 0.15) is 76.7 Å². The molecule has 0 bridgehead atoms. The minimum atomic E-state index is -7.11. The fourth-order valence-electron chi connectivity index (χ4n) is 5.73. The first-order valence-corrected chi connectivity index (χ1v) is 14.8. The van der Waals surface area contributed by atoms with Crippen molar-refractivity contribution in [3.63, 3.8) is 0 Å². The van der Waals surface area contributed by atoms with Crippen molar-refractivity contribution in [2.45, 2.75) is 100 Å². The summed E-state index contributed by atoms with van der Waals surface area (Å²) in [5, 5.41) is 30.9. The van der Waals surface area contributed by atoms with Crippen LogP contribution in [0.5, 0.6) is 11.5 Å². The first-order chi connectivity index (χ1) is 21.3. The number of fused-ring (bicyclic) bond motifs is 1. The zero-order chi connectivity index (χ0) is 34.6. The summed E-state index contributed by atoms with van der Waals surface area (Å²) in [5.41, 5.74) is -2.27. The zero-order valence-electron chi connectivity index (χ0n) is 24.9. The number of phenolic OH excluding ortho intramolecular Hbond substituents is 2. The summed E-state index contributed by atoms with van der Waals surface area (Å²) in [4.78, 5) is 13.2. The van der Waals surface area contributed by atoms with Gasteiger partial charge in [-0.2, -0.15) is 39.5 Å². The second-order valence-electron chi connectivity index (χ2n) is 11.6. The average molecular weight is 667 g/mol. The number of carboxylic acid groups (broad SMARTS) is 1. The lowest BCUT2D eigenvalue weighted by molar-refractivity contribution is -0.397. The Morgan fingerprint density at radius 2 is 1.22 bits per heavy atom. The molecule has 3 aromatic rings. The van der Waals surface area contributed by atoms with Crippen molar-refractivity contribution < 1.29 is 59.6 Å². The average Bonchev–Trinajstić information content (AvgIpc) is 2.97. The van der Waals surface area contributed by atoms with Crippen molar-refractivity contribution in [2.24, 2.45) is 0 Å². The molecule has 1 unspecified atom stereocenters. The van der Waals surface area contributed by atoms with Crippen LogP contribution in [0, 0.1) is 0 Å². The van der Waals surface area contributed by atoms with E-state index in [-0.39, 0.29) is 45.4 Å². The molecule has 3 N–H and O–H groups in total. The number of carboxylic acids is 1. The minimum Gasteiger partial charge on any atom is -0.508 e. The second-order valence-corrected chi connectivity index (χ2v) is 11.6. The maximum atomic E-state index is 14.9. The lowest BCUT2D eigenvalue weighted by Crippen LogP contribution is -2.61. The topological polar surface area (TPSA) is 77.8 Å². The minimum absolute atomic E-state index is 0.0720. The highest BCUT2D eigenvalue weighted by atomic mass is 19.4. The van der Waals surface area contributed by atoms with E-state index in [0.29, 0.717) is 12.8 Å². The van der Waals surface area contributed by atoms with Crippen LogP contribution in [0.2, 0.25) is 0 Å². The van der Waals surface area contributed by atoms with E-state index in [9.17, 15) is 59.6 Å². The van der Waals surface area contributed by atoms with Crippen molar-refractivity contribution in [1.29, 1.82) is 0 Å². The number of aromatic hydroxyl groups is 2. The fourth-order valence-corrected chi connectivity index (χ4v) is 5.73. The van der Waals surface area contributed by atoms with E-state index in [1.165, 1.54) is 54.6 Å². The molecule has 0 amide bonds. The molecule has 0 saturated carbocycles. The van der Waals surface area contributed by atoms with E-state index in [2.05, 4.69) is 0 Å². The number of aliphatic carboxylic acids is 1. The lowest BCUT2D eigenvalue weighted by Gasteiger charge is -2.37. The predicted molar refractivity (Wildman–Crippen MR) is 155 cm³/mol. The number of phenols is 2. The molecule has 3 rings (SSSR count). The van der Waals surface area contributed by atoms with Crippen LogP contribution in [0.25, 0.3) is 21.9 Å². The van der Waals surface area contributed by atoms with Crippen LogP contribution in [0.3, 0.4) is 0 Å². The Hall–Kier alpha value is -3.64. The van der Waals surface area contributed by atoms with Crippen molar-refractivity contribution in [1.82, 2.24) is 0 Å². The van der Waals surface area contributed by atoms with Crippen LogP contribution in [0.15, 0.2) is 54.6 Å². The summed E-state index contributed by atoms with van der Waals surface area (Å²) in [5.74, 6) is -22.2. The van der Waals surface area contributed by atoms with Gasteiger partial charge in [-0.05, 0) is 64.6 Å². The van der Waals surface area contributed by atoms with E-state index >= 15 is 0 Å². The van der Waals surface area contributed by atoms with Crippen molar-refractivity contribution in [2.75, 3.05) is 0 Å². The summed E-state index contributed by atoms with van der Waals surface area (Å²) >= 11 is 0.